The van der Waals surface area contributed by atoms with Crippen LogP contribution in [-0.4, -0.2) is 15.2 Å². The maximum Gasteiger partial charge on any atom is 0.185 e. The quantitative estimate of drug-likeness (QED) is 0.894. The van der Waals surface area contributed by atoms with E-state index in [1.54, 1.807) is 12.1 Å². The van der Waals surface area contributed by atoms with Gasteiger partial charge in [0.15, 0.2) is 5.82 Å². The minimum absolute atomic E-state index is 0.277. The summed E-state index contributed by atoms with van der Waals surface area (Å²) in [6, 6.07) is 4.59. The molecule has 1 aromatic heterocycles. The van der Waals surface area contributed by atoms with Crippen molar-refractivity contribution in [1.29, 1.82) is 0 Å². The van der Waals surface area contributed by atoms with E-state index in [2.05, 4.69) is 15.2 Å². The summed E-state index contributed by atoms with van der Waals surface area (Å²) in [4.78, 5) is 4.39. The molecule has 3 rings (SSSR count). The first-order valence-electron chi connectivity index (χ1n) is 6.12. The SMILES string of the molecule is Fc1cccc(Cl)c1-c1n[nH]c(C2CCCC2)n1. The summed E-state index contributed by atoms with van der Waals surface area (Å²) in [6.45, 7) is 0. The third kappa shape index (κ3) is 2.01. The summed E-state index contributed by atoms with van der Waals surface area (Å²) in [7, 11) is 0. The summed E-state index contributed by atoms with van der Waals surface area (Å²) in [6.07, 6.45) is 4.70. The number of hydrogen-bond acceptors (Lipinski definition) is 2. The van der Waals surface area contributed by atoms with Gasteiger partial charge >= 0.3 is 0 Å². The largest absolute Gasteiger partial charge is 0.262 e. The van der Waals surface area contributed by atoms with Crippen molar-refractivity contribution in [3.05, 3.63) is 34.9 Å². The van der Waals surface area contributed by atoms with E-state index in [-0.39, 0.29) is 11.4 Å². The summed E-state index contributed by atoms with van der Waals surface area (Å²) in [5.74, 6) is 1.23. The molecule has 3 nitrogen and oxygen atoms in total. The highest BCUT2D eigenvalue weighted by Crippen LogP contribution is 2.34. The number of nitrogens with one attached hydrogen (secondary N) is 1. The standard InChI is InChI=1S/C13H13ClFN3/c14-9-6-3-7-10(15)11(9)13-16-12(17-18-13)8-4-1-2-5-8/h3,6-8H,1-2,4-5H2,(H,16,17,18). The Bertz CT molecular complexity index is 541. The van der Waals surface area contributed by atoms with Gasteiger partial charge in [-0.05, 0) is 25.0 Å². The third-order valence-corrected chi connectivity index (χ3v) is 3.75. The molecular weight excluding hydrogens is 253 g/mol. The van der Waals surface area contributed by atoms with Crippen molar-refractivity contribution in [2.75, 3.05) is 0 Å². The Balaban J connectivity index is 1.97. The van der Waals surface area contributed by atoms with E-state index in [4.69, 9.17) is 11.6 Å². The molecule has 0 atom stereocenters. The number of benzene rings is 1. The highest BCUT2D eigenvalue weighted by molar-refractivity contribution is 6.33. The Labute approximate surface area is 109 Å². The van der Waals surface area contributed by atoms with Crippen LogP contribution >= 0.6 is 11.6 Å². The van der Waals surface area contributed by atoms with Gasteiger partial charge in [0.1, 0.15) is 11.6 Å². The highest BCUT2D eigenvalue weighted by atomic mass is 35.5. The monoisotopic (exact) mass is 265 g/mol. The average molecular weight is 266 g/mol. The fraction of sp³-hybridized carbons (Fsp3) is 0.385. The van der Waals surface area contributed by atoms with Crippen LogP contribution in [0.4, 0.5) is 4.39 Å². The van der Waals surface area contributed by atoms with E-state index in [0.717, 1.165) is 18.7 Å². The second-order valence-corrected chi connectivity index (χ2v) is 5.03. The molecule has 2 aromatic rings. The molecule has 0 amide bonds. The molecular formula is C13H13ClFN3. The molecule has 1 aliphatic rings. The van der Waals surface area contributed by atoms with Gasteiger partial charge in [-0.2, -0.15) is 5.10 Å². The lowest BCUT2D eigenvalue weighted by Crippen LogP contribution is -1.95. The summed E-state index contributed by atoms with van der Waals surface area (Å²) < 4.78 is 13.7. The number of nitrogens with zero attached hydrogens (tertiary/aromatic N) is 2. The number of rotatable bonds is 2. The number of halogens is 2. The van der Waals surface area contributed by atoms with Gasteiger partial charge in [0.05, 0.1) is 10.6 Å². The predicted octanol–water partition coefficient (Wildman–Crippen LogP) is 3.92. The van der Waals surface area contributed by atoms with E-state index >= 15 is 0 Å². The Hall–Kier alpha value is -1.42. The van der Waals surface area contributed by atoms with Crippen molar-refractivity contribution < 1.29 is 4.39 Å². The van der Waals surface area contributed by atoms with Crippen LogP contribution in [0.15, 0.2) is 18.2 Å². The van der Waals surface area contributed by atoms with Gasteiger partial charge in [0, 0.05) is 5.92 Å². The van der Waals surface area contributed by atoms with Crippen LogP contribution in [0.2, 0.25) is 5.02 Å². The minimum atomic E-state index is -0.389. The van der Waals surface area contributed by atoms with Crippen LogP contribution in [0.25, 0.3) is 11.4 Å². The normalized spacial score (nSPS) is 16.3. The number of hydrogen-bond donors (Lipinski definition) is 1. The molecule has 0 bridgehead atoms. The van der Waals surface area contributed by atoms with Gasteiger partial charge in [0.25, 0.3) is 0 Å². The van der Waals surface area contributed by atoms with Crippen molar-refractivity contribution in [3.8, 4) is 11.4 Å². The maximum absolute atomic E-state index is 13.7. The molecule has 0 saturated heterocycles. The van der Waals surface area contributed by atoms with Crippen LogP contribution in [0.3, 0.4) is 0 Å². The van der Waals surface area contributed by atoms with Crippen LogP contribution < -0.4 is 0 Å². The molecule has 18 heavy (non-hydrogen) atoms. The molecule has 0 spiro atoms. The zero-order valence-electron chi connectivity index (χ0n) is 9.79. The predicted molar refractivity (Wildman–Crippen MR) is 68.0 cm³/mol. The molecule has 94 valence electrons. The van der Waals surface area contributed by atoms with Crippen molar-refractivity contribution in [1.82, 2.24) is 15.2 Å². The van der Waals surface area contributed by atoms with E-state index < -0.39 is 0 Å². The number of aromatic nitrogens is 3. The fourth-order valence-electron chi connectivity index (χ4n) is 2.48. The summed E-state index contributed by atoms with van der Waals surface area (Å²) in [5, 5.41) is 7.35. The van der Waals surface area contributed by atoms with Crippen LogP contribution in [0, 0.1) is 5.82 Å². The molecule has 0 aliphatic heterocycles. The lowest BCUT2D eigenvalue weighted by atomic mass is 10.1. The fourth-order valence-corrected chi connectivity index (χ4v) is 2.73. The first-order chi connectivity index (χ1) is 8.75. The lowest BCUT2D eigenvalue weighted by molar-refractivity contribution is 0.630. The van der Waals surface area contributed by atoms with Crippen molar-refractivity contribution in [2.45, 2.75) is 31.6 Å². The maximum atomic E-state index is 13.7. The molecule has 1 N–H and O–H groups in total. The number of H-pyrrole nitrogens is 1. The van der Waals surface area contributed by atoms with Crippen molar-refractivity contribution >= 4 is 11.6 Å². The number of aromatic amines is 1. The molecule has 1 aromatic carbocycles. The summed E-state index contributed by atoms with van der Waals surface area (Å²) >= 11 is 6.00. The van der Waals surface area contributed by atoms with Gasteiger partial charge < -0.3 is 0 Å². The second kappa shape index (κ2) is 4.69. The van der Waals surface area contributed by atoms with Crippen molar-refractivity contribution in [3.63, 3.8) is 0 Å². The van der Waals surface area contributed by atoms with E-state index in [0.29, 0.717) is 16.8 Å². The van der Waals surface area contributed by atoms with Gasteiger partial charge in [0.2, 0.25) is 0 Å². The first-order valence-corrected chi connectivity index (χ1v) is 6.50. The van der Waals surface area contributed by atoms with Crippen LogP contribution in [-0.2, 0) is 0 Å². The zero-order chi connectivity index (χ0) is 12.5. The summed E-state index contributed by atoms with van der Waals surface area (Å²) in [5.41, 5.74) is 0.277. The molecule has 1 aliphatic carbocycles. The third-order valence-electron chi connectivity index (χ3n) is 3.43. The van der Waals surface area contributed by atoms with Crippen molar-refractivity contribution in [2.24, 2.45) is 0 Å². The molecule has 1 heterocycles. The van der Waals surface area contributed by atoms with E-state index in [1.807, 2.05) is 0 Å². The van der Waals surface area contributed by atoms with Gasteiger partial charge in [-0.1, -0.05) is 30.5 Å². The minimum Gasteiger partial charge on any atom is -0.262 e. The molecule has 0 unspecified atom stereocenters. The van der Waals surface area contributed by atoms with Gasteiger partial charge in [-0.3, -0.25) is 5.10 Å². The smallest absolute Gasteiger partial charge is 0.185 e. The Morgan fingerprint density at radius 2 is 2.06 bits per heavy atom. The lowest BCUT2D eigenvalue weighted by Gasteiger charge is -2.02. The Kier molecular flexibility index (Phi) is 3.04. The van der Waals surface area contributed by atoms with Gasteiger partial charge in [-0.15, -0.1) is 0 Å². The van der Waals surface area contributed by atoms with E-state index in [1.165, 1.54) is 18.9 Å². The second-order valence-electron chi connectivity index (χ2n) is 4.62. The Morgan fingerprint density at radius 1 is 1.28 bits per heavy atom. The van der Waals surface area contributed by atoms with Crippen LogP contribution in [0.5, 0.6) is 0 Å². The Morgan fingerprint density at radius 3 is 2.78 bits per heavy atom. The molecule has 5 heteroatoms. The van der Waals surface area contributed by atoms with Crippen LogP contribution in [0.1, 0.15) is 37.4 Å². The average Bonchev–Trinajstić information content (AvgIpc) is 2.99. The van der Waals surface area contributed by atoms with Gasteiger partial charge in [-0.25, -0.2) is 9.37 Å². The van der Waals surface area contributed by atoms with E-state index in [9.17, 15) is 4.39 Å². The topological polar surface area (TPSA) is 41.6 Å². The zero-order valence-corrected chi connectivity index (χ0v) is 10.5. The highest BCUT2D eigenvalue weighted by Gasteiger charge is 2.22. The molecule has 0 radical (unpaired) electrons. The molecule has 1 fully saturated rings. The molecule has 1 saturated carbocycles. The first kappa shape index (κ1) is 11.7.